The van der Waals surface area contributed by atoms with Gasteiger partial charge in [0.25, 0.3) is 0 Å². The van der Waals surface area contributed by atoms with Crippen LogP contribution in [0, 0.1) is 11.8 Å². The number of nitrogens with zero attached hydrogens (tertiary/aromatic N) is 2. The molecule has 0 bridgehead atoms. The molecule has 0 N–H and O–H groups in total. The van der Waals surface area contributed by atoms with Crippen LogP contribution in [0.3, 0.4) is 0 Å². The van der Waals surface area contributed by atoms with E-state index in [2.05, 4.69) is 27.7 Å². The number of hydrogen-bond acceptors (Lipinski definition) is 3. The molecule has 0 aliphatic rings. The summed E-state index contributed by atoms with van der Waals surface area (Å²) in [5, 5.41) is 1.20. The molecule has 1 heterocycles. The summed E-state index contributed by atoms with van der Waals surface area (Å²) in [5.41, 5.74) is 1.41. The van der Waals surface area contributed by atoms with Gasteiger partial charge < -0.3 is 9.47 Å². The van der Waals surface area contributed by atoms with Gasteiger partial charge in [0.15, 0.2) is 9.84 Å². The van der Waals surface area contributed by atoms with Crippen molar-refractivity contribution in [2.75, 3.05) is 13.1 Å². The van der Waals surface area contributed by atoms with E-state index in [9.17, 15) is 13.2 Å². The standard InChI is InChI=1S/C25H31ClN2O3S/c1-18(2)13-28(14-19(3)4)25(29)16-27-15-24(22-7-5-6-8-23(22)27)32(30,31)17-20-9-11-21(26)12-10-20/h5-12,15,18-19H,13-14,16-17H2,1-4H3. The molecule has 172 valence electrons. The van der Waals surface area contributed by atoms with Crippen LogP contribution in [0.2, 0.25) is 5.02 Å². The van der Waals surface area contributed by atoms with E-state index >= 15 is 0 Å². The van der Waals surface area contributed by atoms with Crippen LogP contribution in [0.15, 0.2) is 59.6 Å². The van der Waals surface area contributed by atoms with Crippen molar-refractivity contribution in [3.63, 3.8) is 0 Å². The van der Waals surface area contributed by atoms with Crippen LogP contribution in [-0.2, 0) is 26.9 Å². The highest BCUT2D eigenvalue weighted by Gasteiger charge is 2.24. The van der Waals surface area contributed by atoms with Gasteiger partial charge in [-0.15, -0.1) is 0 Å². The smallest absolute Gasteiger partial charge is 0.242 e. The minimum absolute atomic E-state index is 0.00481. The lowest BCUT2D eigenvalue weighted by molar-refractivity contribution is -0.132. The number of rotatable bonds is 9. The van der Waals surface area contributed by atoms with Gasteiger partial charge in [-0.1, -0.05) is 69.6 Å². The molecule has 7 heteroatoms. The Labute approximate surface area is 195 Å². The number of amides is 1. The Morgan fingerprint density at radius 2 is 1.56 bits per heavy atom. The average molecular weight is 475 g/mol. The molecule has 5 nitrogen and oxygen atoms in total. The summed E-state index contributed by atoms with van der Waals surface area (Å²) < 4.78 is 28.3. The molecule has 0 saturated carbocycles. The highest BCUT2D eigenvalue weighted by molar-refractivity contribution is 7.90. The molecule has 0 fully saturated rings. The summed E-state index contributed by atoms with van der Waals surface area (Å²) in [6, 6.07) is 14.2. The predicted molar refractivity (Wildman–Crippen MR) is 131 cm³/mol. The maximum absolute atomic E-state index is 13.3. The lowest BCUT2D eigenvalue weighted by Crippen LogP contribution is -2.38. The molecule has 3 aromatic rings. The molecule has 0 radical (unpaired) electrons. The Bertz CT molecular complexity index is 1170. The fourth-order valence-electron chi connectivity index (χ4n) is 3.87. The molecule has 0 aliphatic carbocycles. The maximum Gasteiger partial charge on any atom is 0.242 e. The molecule has 0 saturated heterocycles. The summed E-state index contributed by atoms with van der Waals surface area (Å²) in [4.78, 5) is 15.3. The van der Waals surface area contributed by atoms with Gasteiger partial charge in [-0.2, -0.15) is 0 Å². The lowest BCUT2D eigenvalue weighted by Gasteiger charge is -2.26. The van der Waals surface area contributed by atoms with Gasteiger partial charge in [0.1, 0.15) is 6.54 Å². The monoisotopic (exact) mass is 474 g/mol. The molecular formula is C25H31ClN2O3S. The van der Waals surface area contributed by atoms with Crippen LogP contribution in [0.1, 0.15) is 33.3 Å². The SMILES string of the molecule is CC(C)CN(CC(C)C)C(=O)Cn1cc(S(=O)(=O)Cc2ccc(Cl)cc2)c2ccccc21. The van der Waals surface area contributed by atoms with E-state index in [0.29, 0.717) is 40.9 Å². The second kappa shape index (κ2) is 10.1. The first-order valence-corrected chi connectivity index (χ1v) is 12.9. The molecule has 3 rings (SSSR count). The molecule has 0 spiro atoms. The van der Waals surface area contributed by atoms with Crippen LogP contribution in [0.5, 0.6) is 0 Å². The third kappa shape index (κ3) is 5.93. The van der Waals surface area contributed by atoms with Crippen molar-refractivity contribution in [1.82, 2.24) is 9.47 Å². The van der Waals surface area contributed by atoms with E-state index < -0.39 is 9.84 Å². The molecule has 0 unspecified atom stereocenters. The first-order chi connectivity index (χ1) is 15.1. The van der Waals surface area contributed by atoms with E-state index in [0.717, 1.165) is 5.52 Å². The minimum atomic E-state index is -3.61. The van der Waals surface area contributed by atoms with Crippen molar-refractivity contribution in [2.24, 2.45) is 11.8 Å². The van der Waals surface area contributed by atoms with Crippen molar-refractivity contribution < 1.29 is 13.2 Å². The minimum Gasteiger partial charge on any atom is -0.341 e. The third-order valence-corrected chi connectivity index (χ3v) is 7.15. The van der Waals surface area contributed by atoms with E-state index in [1.54, 1.807) is 41.1 Å². The fourth-order valence-corrected chi connectivity index (χ4v) is 5.58. The Balaban J connectivity index is 1.94. The van der Waals surface area contributed by atoms with Gasteiger partial charge >= 0.3 is 0 Å². The number of hydrogen-bond donors (Lipinski definition) is 0. The van der Waals surface area contributed by atoms with E-state index in [1.165, 1.54) is 0 Å². The van der Waals surface area contributed by atoms with Gasteiger partial charge in [0, 0.05) is 35.2 Å². The van der Waals surface area contributed by atoms with E-state index in [-0.39, 0.29) is 23.1 Å². The highest BCUT2D eigenvalue weighted by atomic mass is 35.5. The number of para-hydroxylation sites is 1. The number of carbonyl (C=O) groups excluding carboxylic acids is 1. The normalized spacial score (nSPS) is 12.1. The largest absolute Gasteiger partial charge is 0.341 e. The van der Waals surface area contributed by atoms with Gasteiger partial charge in [0.05, 0.1) is 10.6 Å². The second-order valence-electron chi connectivity index (χ2n) is 9.11. The Hall–Kier alpha value is -2.31. The van der Waals surface area contributed by atoms with Crippen LogP contribution >= 0.6 is 11.6 Å². The highest BCUT2D eigenvalue weighted by Crippen LogP contribution is 2.28. The van der Waals surface area contributed by atoms with Crippen molar-refractivity contribution in [3.05, 3.63) is 65.3 Å². The van der Waals surface area contributed by atoms with Crippen LogP contribution in [0.4, 0.5) is 0 Å². The predicted octanol–water partition coefficient (Wildman–Crippen LogP) is 5.41. The van der Waals surface area contributed by atoms with Crippen molar-refractivity contribution in [1.29, 1.82) is 0 Å². The number of fused-ring (bicyclic) bond motifs is 1. The van der Waals surface area contributed by atoms with E-state index in [4.69, 9.17) is 11.6 Å². The first-order valence-electron chi connectivity index (χ1n) is 10.9. The average Bonchev–Trinajstić information content (AvgIpc) is 3.08. The zero-order valence-electron chi connectivity index (χ0n) is 19.1. The molecule has 32 heavy (non-hydrogen) atoms. The molecule has 1 amide bonds. The topological polar surface area (TPSA) is 59.4 Å². The van der Waals surface area contributed by atoms with Gasteiger partial charge in [-0.05, 0) is 35.6 Å². The van der Waals surface area contributed by atoms with E-state index in [1.807, 2.05) is 23.1 Å². The Morgan fingerprint density at radius 3 is 2.16 bits per heavy atom. The lowest BCUT2D eigenvalue weighted by atomic mass is 10.1. The number of halogens is 1. The Morgan fingerprint density at radius 1 is 0.969 bits per heavy atom. The maximum atomic E-state index is 13.3. The summed E-state index contributed by atoms with van der Waals surface area (Å²) in [6.45, 7) is 9.83. The molecule has 1 aromatic heterocycles. The van der Waals surface area contributed by atoms with Gasteiger partial charge in [-0.3, -0.25) is 4.79 Å². The van der Waals surface area contributed by atoms with Crippen LogP contribution in [-0.4, -0.2) is 36.9 Å². The zero-order valence-corrected chi connectivity index (χ0v) is 20.7. The summed E-state index contributed by atoms with van der Waals surface area (Å²) in [6.07, 6.45) is 1.61. The quantitative estimate of drug-likeness (QED) is 0.416. The molecule has 0 aliphatic heterocycles. The van der Waals surface area contributed by atoms with Crippen LogP contribution in [0.25, 0.3) is 10.9 Å². The molecule has 0 atom stereocenters. The van der Waals surface area contributed by atoms with Gasteiger partial charge in [0.2, 0.25) is 5.91 Å². The summed E-state index contributed by atoms with van der Waals surface area (Å²) >= 11 is 5.93. The van der Waals surface area contributed by atoms with Crippen LogP contribution < -0.4 is 0 Å². The zero-order chi connectivity index (χ0) is 23.5. The summed E-state index contributed by atoms with van der Waals surface area (Å²) in [5.74, 6) is 0.581. The van der Waals surface area contributed by atoms with Crippen molar-refractivity contribution >= 4 is 38.2 Å². The first kappa shape index (κ1) is 24.3. The second-order valence-corrected chi connectivity index (χ2v) is 11.5. The number of benzene rings is 2. The fraction of sp³-hybridized carbons (Fsp3) is 0.400. The summed E-state index contributed by atoms with van der Waals surface area (Å²) in [7, 11) is -3.61. The number of carbonyl (C=O) groups is 1. The van der Waals surface area contributed by atoms with Crippen molar-refractivity contribution in [3.8, 4) is 0 Å². The number of sulfone groups is 1. The molecular weight excluding hydrogens is 444 g/mol. The Kier molecular flexibility index (Phi) is 7.67. The van der Waals surface area contributed by atoms with Gasteiger partial charge in [-0.25, -0.2) is 8.42 Å². The third-order valence-electron chi connectivity index (χ3n) is 5.19. The number of aromatic nitrogens is 1. The molecule has 2 aromatic carbocycles. The van der Waals surface area contributed by atoms with Crippen molar-refractivity contribution in [2.45, 2.75) is 44.9 Å².